The van der Waals surface area contributed by atoms with Crippen molar-refractivity contribution in [2.24, 2.45) is 5.92 Å². The first-order valence-electron chi connectivity index (χ1n) is 14.1. The van der Waals surface area contributed by atoms with Gasteiger partial charge in [-0.05, 0) is 71.0 Å². The van der Waals surface area contributed by atoms with Crippen molar-refractivity contribution in [1.29, 1.82) is 0 Å². The summed E-state index contributed by atoms with van der Waals surface area (Å²) in [6.07, 6.45) is -0.494. The lowest BCUT2D eigenvalue weighted by molar-refractivity contribution is 0.0435. The van der Waals surface area contributed by atoms with Gasteiger partial charge in [-0.25, -0.2) is 8.42 Å². The Morgan fingerprint density at radius 3 is 1.33 bits per heavy atom. The number of benzene rings is 5. The molecule has 0 spiro atoms. The summed E-state index contributed by atoms with van der Waals surface area (Å²) in [5.41, 5.74) is 4.17. The summed E-state index contributed by atoms with van der Waals surface area (Å²) in [5.74, 6) is -0.897. The molecule has 0 amide bonds. The van der Waals surface area contributed by atoms with Crippen molar-refractivity contribution in [1.82, 2.24) is 0 Å². The van der Waals surface area contributed by atoms with Crippen LogP contribution in [0.15, 0.2) is 154 Å². The Morgan fingerprint density at radius 1 is 0.605 bits per heavy atom. The summed E-state index contributed by atoms with van der Waals surface area (Å²) in [5, 5.41) is -4.24. The van der Waals surface area contributed by atoms with Crippen LogP contribution in [-0.4, -0.2) is 18.2 Å². The van der Waals surface area contributed by atoms with Crippen LogP contribution in [0.1, 0.15) is 46.9 Å². The van der Waals surface area contributed by atoms with E-state index in [2.05, 4.69) is 91.0 Å². The average molecular weight is 613 g/mol. The van der Waals surface area contributed by atoms with Gasteiger partial charge in [-0.3, -0.25) is 0 Å². The quantitative estimate of drug-likeness (QED) is 0.143. The van der Waals surface area contributed by atoms with Crippen molar-refractivity contribution in [2.75, 3.05) is 0 Å². The summed E-state index contributed by atoms with van der Waals surface area (Å²) in [6.45, 7) is 0. The molecule has 3 aliphatic rings. The van der Waals surface area contributed by atoms with Crippen molar-refractivity contribution in [2.45, 2.75) is 44.6 Å². The van der Waals surface area contributed by atoms with Gasteiger partial charge >= 0.3 is 5.25 Å². The van der Waals surface area contributed by atoms with E-state index in [-0.39, 0.29) is 22.7 Å². The molecule has 7 heteroatoms. The summed E-state index contributed by atoms with van der Waals surface area (Å²) >= 11 is 0. The molecule has 0 saturated carbocycles. The zero-order valence-electron chi connectivity index (χ0n) is 23.2. The Bertz CT molecular complexity index is 1660. The lowest BCUT2D eigenvalue weighted by atomic mass is 9.58. The number of hydrogen-bond acceptors (Lipinski definition) is 3. The van der Waals surface area contributed by atoms with Crippen LogP contribution in [0.5, 0.6) is 0 Å². The molecule has 1 unspecified atom stereocenters. The monoisotopic (exact) mass is 612 g/mol. The number of fused-ring (bicyclic) bond motifs is 1. The minimum Gasteiger partial charge on any atom is -0.743 e. The Hall–Kier alpha value is -3.78. The molecule has 0 aromatic heterocycles. The molecular weight excluding hydrogens is 583 g/mol. The van der Waals surface area contributed by atoms with Crippen LogP contribution in [0.25, 0.3) is 0 Å². The molecule has 8 rings (SSSR count). The Labute approximate surface area is 254 Å². The fraction of sp³-hybridized carbons (Fsp3) is 0.167. The highest BCUT2D eigenvalue weighted by Crippen LogP contribution is 2.57. The normalized spacial score (nSPS) is 18.7. The molecule has 218 valence electrons. The van der Waals surface area contributed by atoms with Gasteiger partial charge in [0.15, 0.2) is 24.8 Å². The molecule has 3 aliphatic carbocycles. The maximum atomic E-state index is 13.9. The zero-order valence-corrected chi connectivity index (χ0v) is 24.9. The van der Waals surface area contributed by atoms with Gasteiger partial charge in [0.2, 0.25) is 0 Å². The number of halogens is 2. The molecule has 0 radical (unpaired) electrons. The van der Waals surface area contributed by atoms with E-state index in [1.165, 1.54) is 14.7 Å². The minimum absolute atomic E-state index is 0.0146. The van der Waals surface area contributed by atoms with E-state index in [0.29, 0.717) is 6.42 Å². The smallest absolute Gasteiger partial charge is 0.334 e. The summed E-state index contributed by atoms with van der Waals surface area (Å²) in [4.78, 5) is 4.08. The average Bonchev–Trinajstić information content (AvgIpc) is 3.03. The van der Waals surface area contributed by atoms with Crippen LogP contribution < -0.4 is 0 Å². The second kappa shape index (κ2) is 12.1. The van der Waals surface area contributed by atoms with E-state index in [1.807, 2.05) is 48.5 Å². The van der Waals surface area contributed by atoms with E-state index in [1.54, 1.807) is 0 Å². The molecule has 0 saturated heterocycles. The third kappa shape index (κ3) is 5.90. The highest BCUT2D eigenvalue weighted by Gasteiger charge is 2.49. The first kappa shape index (κ1) is 29.3. The second-order valence-corrected chi connectivity index (χ2v) is 14.4. The Morgan fingerprint density at radius 2 is 0.953 bits per heavy atom. The van der Waals surface area contributed by atoms with Gasteiger partial charge in [-0.15, -0.1) is 0 Å². The van der Waals surface area contributed by atoms with E-state index in [0.717, 1.165) is 22.3 Å². The predicted molar refractivity (Wildman–Crippen MR) is 165 cm³/mol. The lowest BCUT2D eigenvalue weighted by Crippen LogP contribution is -2.38. The Kier molecular flexibility index (Phi) is 8.23. The maximum Gasteiger partial charge on any atom is 0.334 e. The fourth-order valence-electron chi connectivity index (χ4n) is 6.45. The first-order valence-corrected chi connectivity index (χ1v) is 16.8. The van der Waals surface area contributed by atoms with Gasteiger partial charge in [-0.2, -0.15) is 8.78 Å². The largest absolute Gasteiger partial charge is 0.743 e. The van der Waals surface area contributed by atoms with Gasteiger partial charge in [0.05, 0.1) is 10.9 Å². The third-order valence-electron chi connectivity index (χ3n) is 8.23. The predicted octanol–water partition coefficient (Wildman–Crippen LogP) is 8.59. The van der Waals surface area contributed by atoms with Gasteiger partial charge in [0.25, 0.3) is 0 Å². The van der Waals surface area contributed by atoms with Gasteiger partial charge in [0, 0.05) is 18.3 Å². The van der Waals surface area contributed by atoms with Crippen LogP contribution >= 0.6 is 0 Å². The summed E-state index contributed by atoms with van der Waals surface area (Å²) in [6, 6.07) is 47.6. The van der Waals surface area contributed by atoms with Crippen LogP contribution in [-0.2, 0) is 21.0 Å². The molecule has 0 heterocycles. The topological polar surface area (TPSA) is 57.2 Å². The maximum absolute atomic E-state index is 13.9. The minimum atomic E-state index is -5.66. The number of hydrogen-bond donors (Lipinski definition) is 0. The standard InChI is InChI=1S/C18H16F2O3S.C18H15S/c19-18(20,24(21,22)23)10-11-9-16-12-5-1-3-7-14(12)17(11)15-8-4-2-6-13(15)16;1-4-10-16(11-5-1)19(17-12-6-2-7-13-17)18-14-8-3-9-15-18/h1-8,11,16-17H,9-10H2,(H,21,22,23);1-15H/q;+1/p-1. The van der Waals surface area contributed by atoms with Gasteiger partial charge in [-0.1, -0.05) is 103 Å². The fourth-order valence-corrected chi connectivity index (χ4v) is 8.97. The lowest BCUT2D eigenvalue weighted by Gasteiger charge is -2.46. The first-order chi connectivity index (χ1) is 20.7. The highest BCUT2D eigenvalue weighted by molar-refractivity contribution is 7.97. The molecule has 0 aliphatic heterocycles. The molecule has 43 heavy (non-hydrogen) atoms. The van der Waals surface area contributed by atoms with Crippen molar-refractivity contribution >= 4 is 21.0 Å². The molecule has 3 nitrogen and oxygen atoms in total. The molecule has 5 aromatic carbocycles. The molecule has 0 fully saturated rings. The van der Waals surface area contributed by atoms with E-state index in [9.17, 15) is 21.8 Å². The highest BCUT2D eigenvalue weighted by atomic mass is 32.2. The molecule has 1 atom stereocenters. The molecule has 0 N–H and O–H groups in total. The molecule has 5 aromatic rings. The van der Waals surface area contributed by atoms with Crippen molar-refractivity contribution in [3.8, 4) is 0 Å². The van der Waals surface area contributed by atoms with Crippen molar-refractivity contribution < 1.29 is 21.8 Å². The number of alkyl halides is 2. The molecule has 2 bridgehead atoms. The van der Waals surface area contributed by atoms with Crippen LogP contribution in [0, 0.1) is 5.92 Å². The van der Waals surface area contributed by atoms with Gasteiger partial charge in [0.1, 0.15) is 0 Å². The Balaban J connectivity index is 0.000000157. The van der Waals surface area contributed by atoms with Crippen molar-refractivity contribution in [3.05, 3.63) is 162 Å². The summed E-state index contributed by atoms with van der Waals surface area (Å²) < 4.78 is 60.5. The van der Waals surface area contributed by atoms with Crippen molar-refractivity contribution in [3.63, 3.8) is 0 Å². The van der Waals surface area contributed by atoms with Crippen LogP contribution in [0.4, 0.5) is 8.78 Å². The van der Waals surface area contributed by atoms with Crippen LogP contribution in [0.2, 0.25) is 0 Å². The molecular formula is C36H30F2O3S2. The van der Waals surface area contributed by atoms with E-state index < -0.39 is 27.7 Å². The van der Waals surface area contributed by atoms with E-state index >= 15 is 0 Å². The van der Waals surface area contributed by atoms with Crippen LogP contribution in [0.3, 0.4) is 0 Å². The summed E-state index contributed by atoms with van der Waals surface area (Å²) in [7, 11) is -5.67. The van der Waals surface area contributed by atoms with E-state index in [4.69, 9.17) is 0 Å². The second-order valence-electron chi connectivity index (χ2n) is 10.8. The third-order valence-corrected chi connectivity index (χ3v) is 11.4. The van der Waals surface area contributed by atoms with Gasteiger partial charge < -0.3 is 4.55 Å². The zero-order chi connectivity index (χ0) is 30.0. The number of rotatable bonds is 6. The SMILES string of the molecule is O=S(=O)([O-])C(F)(F)CC1CC2c3ccccc3C1c1ccccc12.c1ccc([S+](c2ccccc2)c2ccccc2)cc1.